The van der Waals surface area contributed by atoms with Gasteiger partial charge in [-0.05, 0) is 49.5 Å². The van der Waals surface area contributed by atoms with Gasteiger partial charge in [-0.1, -0.05) is 68.4 Å². The minimum absolute atomic E-state index is 0.707. The van der Waals surface area contributed by atoms with Gasteiger partial charge >= 0.3 is 0 Å². The Bertz CT molecular complexity index is 604. The van der Waals surface area contributed by atoms with Crippen molar-refractivity contribution in [1.82, 2.24) is 9.80 Å². The molecule has 0 aliphatic carbocycles. The summed E-state index contributed by atoms with van der Waals surface area (Å²) in [7, 11) is 4.30. The van der Waals surface area contributed by atoms with Crippen molar-refractivity contribution in [2.24, 2.45) is 5.92 Å². The van der Waals surface area contributed by atoms with E-state index in [0.717, 1.165) is 39.0 Å². The third-order valence-electron chi connectivity index (χ3n) is 4.46. The average Bonchev–Trinajstić information content (AvgIpc) is 2.58. The van der Waals surface area contributed by atoms with E-state index in [1.54, 1.807) is 0 Å². The summed E-state index contributed by atoms with van der Waals surface area (Å²) in [6.45, 7) is 8.92. The Morgan fingerprint density at radius 2 is 1.44 bits per heavy atom. The largest absolute Gasteiger partial charge is 0.308 e. The van der Waals surface area contributed by atoms with Crippen LogP contribution in [-0.2, 0) is 19.4 Å². The Balaban J connectivity index is 1.99. The third kappa shape index (κ3) is 7.85. The van der Waals surface area contributed by atoms with Gasteiger partial charge in [0.2, 0.25) is 0 Å². The fourth-order valence-electron chi connectivity index (χ4n) is 3.13. The number of likely N-dealkylation sites (N-methyl/N-ethyl adjacent to an activating group) is 1. The molecule has 136 valence electrons. The summed E-state index contributed by atoms with van der Waals surface area (Å²) < 4.78 is 0. The molecule has 0 fully saturated rings. The zero-order valence-electron chi connectivity index (χ0n) is 16.4. The number of benzene rings is 2. The van der Waals surface area contributed by atoms with E-state index in [1.807, 2.05) is 0 Å². The predicted octanol–water partition coefficient (Wildman–Crippen LogP) is 4.49. The van der Waals surface area contributed by atoms with Crippen LogP contribution in [0, 0.1) is 5.92 Å². The molecule has 0 spiro atoms. The minimum atomic E-state index is 0.707. The second-order valence-corrected chi connectivity index (χ2v) is 7.73. The molecule has 0 unspecified atom stereocenters. The molecule has 0 bridgehead atoms. The first kappa shape index (κ1) is 19.7. The van der Waals surface area contributed by atoms with Gasteiger partial charge in [0, 0.05) is 26.2 Å². The lowest BCUT2D eigenvalue weighted by Crippen LogP contribution is -2.33. The summed E-state index contributed by atoms with van der Waals surface area (Å²) in [4.78, 5) is 4.85. The lowest BCUT2D eigenvalue weighted by Gasteiger charge is -2.24. The van der Waals surface area contributed by atoms with Gasteiger partial charge in [0.25, 0.3) is 0 Å². The van der Waals surface area contributed by atoms with E-state index < -0.39 is 0 Å². The monoisotopic (exact) mass is 338 g/mol. The average molecular weight is 339 g/mol. The van der Waals surface area contributed by atoms with E-state index >= 15 is 0 Å². The molecule has 2 aromatic rings. The van der Waals surface area contributed by atoms with Crippen LogP contribution in [0.4, 0.5) is 0 Å². The lowest BCUT2D eigenvalue weighted by atomic mass is 10.0. The predicted molar refractivity (Wildman–Crippen MR) is 109 cm³/mol. The van der Waals surface area contributed by atoms with Gasteiger partial charge in [0.15, 0.2) is 0 Å². The highest BCUT2D eigenvalue weighted by Crippen LogP contribution is 2.13. The summed E-state index contributed by atoms with van der Waals surface area (Å²) in [6.07, 6.45) is 2.27. The van der Waals surface area contributed by atoms with Crippen LogP contribution in [0.15, 0.2) is 54.6 Å². The fourth-order valence-corrected chi connectivity index (χ4v) is 3.13. The summed E-state index contributed by atoms with van der Waals surface area (Å²) >= 11 is 0. The Kier molecular flexibility index (Phi) is 8.17. The Morgan fingerprint density at radius 1 is 0.760 bits per heavy atom. The van der Waals surface area contributed by atoms with Crippen LogP contribution in [0.1, 0.15) is 30.5 Å². The second-order valence-electron chi connectivity index (χ2n) is 7.73. The number of hydrogen-bond donors (Lipinski definition) is 0. The van der Waals surface area contributed by atoms with E-state index in [4.69, 9.17) is 0 Å². The number of hydrogen-bond acceptors (Lipinski definition) is 2. The summed E-state index contributed by atoms with van der Waals surface area (Å²) in [6, 6.07) is 20.0. The van der Waals surface area contributed by atoms with Gasteiger partial charge in [0.05, 0.1) is 0 Å². The highest BCUT2D eigenvalue weighted by Gasteiger charge is 2.08. The molecule has 0 saturated heterocycles. The smallest absolute Gasteiger partial charge is 0.0234 e. The molecule has 0 saturated carbocycles. The molecular formula is C23H34N2. The van der Waals surface area contributed by atoms with Gasteiger partial charge in [-0.15, -0.1) is 0 Å². The maximum Gasteiger partial charge on any atom is 0.0234 e. The van der Waals surface area contributed by atoms with Crippen molar-refractivity contribution < 1.29 is 0 Å². The van der Waals surface area contributed by atoms with E-state index in [-0.39, 0.29) is 0 Å². The van der Waals surface area contributed by atoms with Crippen molar-refractivity contribution in [1.29, 1.82) is 0 Å². The van der Waals surface area contributed by atoms with Crippen molar-refractivity contribution in [3.63, 3.8) is 0 Å². The number of nitrogens with zero attached hydrogens (tertiary/aromatic N) is 2. The molecule has 0 amide bonds. The van der Waals surface area contributed by atoms with Crippen molar-refractivity contribution in [2.45, 2.75) is 33.2 Å². The second kappa shape index (κ2) is 10.4. The Labute approximate surface area is 154 Å². The van der Waals surface area contributed by atoms with Crippen LogP contribution in [0.3, 0.4) is 0 Å². The molecule has 2 rings (SSSR count). The first-order valence-corrected chi connectivity index (χ1v) is 9.51. The first-order chi connectivity index (χ1) is 12.0. The van der Waals surface area contributed by atoms with E-state index in [2.05, 4.69) is 92.3 Å². The van der Waals surface area contributed by atoms with Crippen LogP contribution < -0.4 is 0 Å². The van der Waals surface area contributed by atoms with Crippen molar-refractivity contribution in [3.8, 4) is 0 Å². The van der Waals surface area contributed by atoms with Gasteiger partial charge in [-0.3, -0.25) is 4.90 Å². The van der Waals surface area contributed by atoms with Crippen LogP contribution in [0.2, 0.25) is 0 Å². The standard InChI is InChI=1S/C23H34N2/c1-20(2)17-22-11-8-12-23(18-22)19-25(16-15-24(3)4)14-13-21-9-6-5-7-10-21/h5-12,18,20H,13-17,19H2,1-4H3. The van der Waals surface area contributed by atoms with Crippen molar-refractivity contribution in [3.05, 3.63) is 71.3 Å². The van der Waals surface area contributed by atoms with E-state index in [1.165, 1.54) is 16.7 Å². The zero-order chi connectivity index (χ0) is 18.1. The van der Waals surface area contributed by atoms with Crippen LogP contribution in [0.5, 0.6) is 0 Å². The van der Waals surface area contributed by atoms with Crippen molar-refractivity contribution >= 4 is 0 Å². The highest BCUT2D eigenvalue weighted by atomic mass is 15.2. The normalized spacial score (nSPS) is 11.6. The van der Waals surface area contributed by atoms with Crippen LogP contribution >= 0.6 is 0 Å². The molecule has 0 radical (unpaired) electrons. The molecular weight excluding hydrogens is 304 g/mol. The highest BCUT2D eigenvalue weighted by molar-refractivity contribution is 5.24. The molecule has 0 aromatic heterocycles. The molecule has 2 nitrogen and oxygen atoms in total. The van der Waals surface area contributed by atoms with E-state index in [0.29, 0.717) is 5.92 Å². The molecule has 2 heteroatoms. The van der Waals surface area contributed by atoms with Gasteiger partial charge < -0.3 is 4.90 Å². The SMILES string of the molecule is CC(C)Cc1cccc(CN(CCc2ccccc2)CCN(C)C)c1. The molecule has 2 aromatic carbocycles. The maximum absolute atomic E-state index is 2.58. The molecule has 0 atom stereocenters. The molecule has 25 heavy (non-hydrogen) atoms. The molecule has 0 aliphatic heterocycles. The third-order valence-corrected chi connectivity index (χ3v) is 4.46. The van der Waals surface area contributed by atoms with Gasteiger partial charge in [-0.25, -0.2) is 0 Å². The number of rotatable bonds is 10. The van der Waals surface area contributed by atoms with Crippen LogP contribution in [0.25, 0.3) is 0 Å². The summed E-state index contributed by atoms with van der Waals surface area (Å²) in [5, 5.41) is 0. The van der Waals surface area contributed by atoms with Gasteiger partial charge in [-0.2, -0.15) is 0 Å². The zero-order valence-corrected chi connectivity index (χ0v) is 16.4. The lowest BCUT2D eigenvalue weighted by molar-refractivity contribution is 0.236. The quantitative estimate of drug-likeness (QED) is 0.630. The van der Waals surface area contributed by atoms with Crippen LogP contribution in [-0.4, -0.2) is 43.5 Å². The van der Waals surface area contributed by atoms with Gasteiger partial charge in [0.1, 0.15) is 0 Å². The van der Waals surface area contributed by atoms with Crippen molar-refractivity contribution in [2.75, 3.05) is 33.7 Å². The molecule has 0 N–H and O–H groups in total. The minimum Gasteiger partial charge on any atom is -0.308 e. The summed E-state index contributed by atoms with van der Waals surface area (Å²) in [5.41, 5.74) is 4.32. The fraction of sp³-hybridized carbons (Fsp3) is 0.478. The summed E-state index contributed by atoms with van der Waals surface area (Å²) in [5.74, 6) is 0.707. The Hall–Kier alpha value is -1.64. The van der Waals surface area contributed by atoms with E-state index in [9.17, 15) is 0 Å². The Morgan fingerprint density at radius 3 is 2.12 bits per heavy atom. The topological polar surface area (TPSA) is 6.48 Å². The maximum atomic E-state index is 2.58. The first-order valence-electron chi connectivity index (χ1n) is 9.51. The molecule has 0 aliphatic rings. The molecule has 0 heterocycles.